The molecule has 1 heterocycles. The van der Waals surface area contributed by atoms with Crippen LogP contribution in [0.2, 0.25) is 0 Å². The Bertz CT molecular complexity index is 349. The lowest BCUT2D eigenvalue weighted by Crippen LogP contribution is -2.66. The Balaban J connectivity index is 2.33. The van der Waals surface area contributed by atoms with Crippen molar-refractivity contribution in [2.24, 2.45) is 11.8 Å². The Morgan fingerprint density at radius 1 is 0.947 bits per heavy atom. The highest BCUT2D eigenvalue weighted by atomic mass is 16.4. The largest absolute Gasteiger partial charge is 0.481 e. The van der Waals surface area contributed by atoms with Gasteiger partial charge in [-0.3, -0.25) is 9.59 Å². The Labute approximate surface area is 113 Å². The van der Waals surface area contributed by atoms with Gasteiger partial charge in [0.05, 0.1) is 5.92 Å². The molecule has 19 heavy (non-hydrogen) atoms. The van der Waals surface area contributed by atoms with Gasteiger partial charge in [0, 0.05) is 0 Å². The highest BCUT2D eigenvalue weighted by molar-refractivity contribution is 5.87. The van der Waals surface area contributed by atoms with Gasteiger partial charge in [0.2, 0.25) is 0 Å². The van der Waals surface area contributed by atoms with Gasteiger partial charge in [-0.15, -0.1) is 0 Å². The molecule has 0 aromatic heterocycles. The van der Waals surface area contributed by atoms with Crippen molar-refractivity contribution in [1.29, 1.82) is 0 Å². The van der Waals surface area contributed by atoms with E-state index < -0.39 is 23.4 Å². The highest BCUT2D eigenvalue weighted by Crippen LogP contribution is 2.40. The summed E-state index contributed by atoms with van der Waals surface area (Å²) in [4.78, 5) is 23.4. The first kappa shape index (κ1) is 14.3. The maximum atomic E-state index is 11.9. The van der Waals surface area contributed by atoms with Crippen LogP contribution in [-0.4, -0.2) is 34.2 Å². The molecule has 2 fully saturated rings. The number of carbonyl (C=O) groups is 2. The van der Waals surface area contributed by atoms with Gasteiger partial charge in [-0.05, 0) is 38.1 Å². The molecule has 0 amide bonds. The smallest absolute Gasteiger partial charge is 0.325 e. The van der Waals surface area contributed by atoms with Gasteiger partial charge in [0.15, 0.2) is 0 Å². The van der Waals surface area contributed by atoms with Crippen LogP contribution in [-0.2, 0) is 9.59 Å². The first-order valence-electron chi connectivity index (χ1n) is 7.30. The monoisotopic (exact) mass is 269 g/mol. The van der Waals surface area contributed by atoms with Crippen LogP contribution in [0.15, 0.2) is 0 Å². The number of piperidine rings is 1. The van der Waals surface area contributed by atoms with Crippen molar-refractivity contribution in [3.8, 4) is 0 Å². The summed E-state index contributed by atoms with van der Waals surface area (Å²) in [6.07, 6.45) is 7.12. The lowest BCUT2D eigenvalue weighted by molar-refractivity contribution is -0.163. The summed E-state index contributed by atoms with van der Waals surface area (Å²) in [7, 11) is 0. The maximum absolute atomic E-state index is 11.9. The SMILES string of the molecule is O=C(O)C1CCCNC1(C(=O)O)C1CCCCCC1. The molecule has 0 bridgehead atoms. The summed E-state index contributed by atoms with van der Waals surface area (Å²) in [6, 6.07) is 0. The van der Waals surface area contributed by atoms with Crippen LogP contribution in [0.25, 0.3) is 0 Å². The van der Waals surface area contributed by atoms with Gasteiger partial charge < -0.3 is 15.5 Å². The Morgan fingerprint density at radius 2 is 1.58 bits per heavy atom. The van der Waals surface area contributed by atoms with Gasteiger partial charge in [0.25, 0.3) is 0 Å². The van der Waals surface area contributed by atoms with Gasteiger partial charge in [0.1, 0.15) is 5.54 Å². The lowest BCUT2D eigenvalue weighted by atomic mass is 9.67. The maximum Gasteiger partial charge on any atom is 0.325 e. The predicted octanol–water partition coefficient (Wildman–Crippen LogP) is 1.86. The van der Waals surface area contributed by atoms with Crippen LogP contribution in [0, 0.1) is 11.8 Å². The quantitative estimate of drug-likeness (QED) is 0.681. The summed E-state index contributed by atoms with van der Waals surface area (Å²) in [6.45, 7) is 0.604. The summed E-state index contributed by atoms with van der Waals surface area (Å²) < 4.78 is 0. The van der Waals surface area contributed by atoms with Gasteiger partial charge in [-0.1, -0.05) is 25.7 Å². The Hall–Kier alpha value is -1.10. The van der Waals surface area contributed by atoms with Crippen LogP contribution in [0.1, 0.15) is 51.4 Å². The molecule has 0 radical (unpaired) electrons. The molecule has 1 aliphatic heterocycles. The van der Waals surface area contributed by atoms with Crippen molar-refractivity contribution < 1.29 is 19.8 Å². The fraction of sp³-hybridized carbons (Fsp3) is 0.857. The molecule has 0 spiro atoms. The number of hydrogen-bond donors (Lipinski definition) is 3. The van der Waals surface area contributed by atoms with Crippen LogP contribution in [0.4, 0.5) is 0 Å². The van der Waals surface area contributed by atoms with E-state index in [0.717, 1.165) is 44.9 Å². The fourth-order valence-electron chi connectivity index (χ4n) is 3.83. The summed E-state index contributed by atoms with van der Waals surface area (Å²) in [5.74, 6) is -2.82. The third-order valence-electron chi connectivity index (χ3n) is 4.79. The van der Waals surface area contributed by atoms with E-state index >= 15 is 0 Å². The first-order chi connectivity index (χ1) is 9.09. The summed E-state index contributed by atoms with van der Waals surface area (Å²) in [5, 5.41) is 22.2. The molecule has 0 aromatic rings. The second kappa shape index (κ2) is 5.90. The number of carboxylic acid groups (broad SMARTS) is 2. The van der Waals surface area contributed by atoms with Crippen LogP contribution in [0.5, 0.6) is 0 Å². The molecule has 5 nitrogen and oxygen atoms in total. The molecule has 108 valence electrons. The van der Waals surface area contributed by atoms with E-state index in [9.17, 15) is 19.8 Å². The van der Waals surface area contributed by atoms with E-state index in [1.165, 1.54) is 0 Å². The number of nitrogens with one attached hydrogen (secondary N) is 1. The number of carboxylic acids is 2. The van der Waals surface area contributed by atoms with E-state index in [2.05, 4.69) is 5.32 Å². The first-order valence-corrected chi connectivity index (χ1v) is 7.30. The zero-order chi connectivity index (χ0) is 13.9. The molecular weight excluding hydrogens is 246 g/mol. The van der Waals surface area contributed by atoms with E-state index in [1.54, 1.807) is 0 Å². The minimum absolute atomic E-state index is 0.0612. The van der Waals surface area contributed by atoms with Crippen molar-refractivity contribution in [2.75, 3.05) is 6.54 Å². The fourth-order valence-corrected chi connectivity index (χ4v) is 3.83. The van der Waals surface area contributed by atoms with E-state index in [1.807, 2.05) is 0 Å². The summed E-state index contributed by atoms with van der Waals surface area (Å²) >= 11 is 0. The van der Waals surface area contributed by atoms with E-state index in [4.69, 9.17) is 0 Å². The van der Waals surface area contributed by atoms with E-state index in [-0.39, 0.29) is 5.92 Å². The second-order valence-electron chi connectivity index (χ2n) is 5.82. The molecule has 1 saturated carbocycles. The number of rotatable bonds is 3. The molecule has 2 aliphatic rings. The van der Waals surface area contributed by atoms with Crippen molar-refractivity contribution in [2.45, 2.75) is 56.9 Å². The second-order valence-corrected chi connectivity index (χ2v) is 5.82. The highest BCUT2D eigenvalue weighted by Gasteiger charge is 2.55. The number of hydrogen-bond acceptors (Lipinski definition) is 3. The average Bonchev–Trinajstić information content (AvgIpc) is 2.67. The third kappa shape index (κ3) is 2.61. The van der Waals surface area contributed by atoms with Gasteiger partial charge in [-0.25, -0.2) is 0 Å². The van der Waals surface area contributed by atoms with Gasteiger partial charge in [-0.2, -0.15) is 0 Å². The zero-order valence-corrected chi connectivity index (χ0v) is 11.2. The zero-order valence-electron chi connectivity index (χ0n) is 11.2. The van der Waals surface area contributed by atoms with Crippen molar-refractivity contribution in [3.63, 3.8) is 0 Å². The van der Waals surface area contributed by atoms with Crippen molar-refractivity contribution in [3.05, 3.63) is 0 Å². The average molecular weight is 269 g/mol. The van der Waals surface area contributed by atoms with E-state index in [0.29, 0.717) is 13.0 Å². The van der Waals surface area contributed by atoms with Gasteiger partial charge >= 0.3 is 11.9 Å². The van der Waals surface area contributed by atoms with Crippen LogP contribution in [0.3, 0.4) is 0 Å². The molecule has 2 unspecified atom stereocenters. The molecule has 3 N–H and O–H groups in total. The molecule has 5 heteroatoms. The third-order valence-corrected chi connectivity index (χ3v) is 4.79. The predicted molar refractivity (Wildman–Crippen MR) is 69.9 cm³/mol. The normalized spacial score (nSPS) is 33.6. The molecular formula is C14H23NO4. The van der Waals surface area contributed by atoms with Crippen LogP contribution >= 0.6 is 0 Å². The van der Waals surface area contributed by atoms with Crippen molar-refractivity contribution in [1.82, 2.24) is 5.32 Å². The lowest BCUT2D eigenvalue weighted by Gasteiger charge is -2.44. The van der Waals surface area contributed by atoms with Crippen molar-refractivity contribution >= 4 is 11.9 Å². The van der Waals surface area contributed by atoms with Crippen LogP contribution < -0.4 is 5.32 Å². The Kier molecular flexibility index (Phi) is 4.45. The molecule has 2 atom stereocenters. The molecule has 0 aromatic carbocycles. The topological polar surface area (TPSA) is 86.6 Å². The standard InChI is InChI=1S/C14H23NO4/c16-12(17)11-8-5-9-15-14(11,13(18)19)10-6-3-1-2-4-7-10/h10-11,15H,1-9H2,(H,16,17)(H,18,19). The molecule has 2 rings (SSSR count). The molecule has 1 aliphatic carbocycles. The summed E-state index contributed by atoms with van der Waals surface area (Å²) in [5.41, 5.74) is -1.26. The molecule has 1 saturated heterocycles. The number of aliphatic carboxylic acids is 2. The minimum atomic E-state index is -1.26. The Morgan fingerprint density at radius 3 is 2.11 bits per heavy atom. The minimum Gasteiger partial charge on any atom is -0.481 e.